The van der Waals surface area contributed by atoms with Crippen LogP contribution in [0, 0.1) is 13.8 Å². The van der Waals surface area contributed by atoms with E-state index in [0.29, 0.717) is 48.9 Å². The lowest BCUT2D eigenvalue weighted by atomic mass is 10.2. The van der Waals surface area contributed by atoms with Gasteiger partial charge in [0.1, 0.15) is 4.90 Å². The molecular formula is C22H30N4O5S. The molecule has 1 aromatic carbocycles. The zero-order valence-electron chi connectivity index (χ0n) is 19.2. The van der Waals surface area contributed by atoms with Crippen molar-refractivity contribution in [2.75, 3.05) is 40.4 Å². The van der Waals surface area contributed by atoms with Gasteiger partial charge >= 0.3 is 0 Å². The van der Waals surface area contributed by atoms with Crippen molar-refractivity contribution in [3.63, 3.8) is 0 Å². The number of nitrogens with zero attached hydrogens (tertiary/aromatic N) is 4. The minimum atomic E-state index is -3.68. The van der Waals surface area contributed by atoms with Crippen molar-refractivity contribution in [2.24, 2.45) is 7.05 Å². The average molecular weight is 463 g/mol. The summed E-state index contributed by atoms with van der Waals surface area (Å²) in [6.07, 6.45) is 3.78. The normalized spacial score (nSPS) is 15.7. The Morgan fingerprint density at radius 3 is 2.41 bits per heavy atom. The van der Waals surface area contributed by atoms with E-state index in [-0.39, 0.29) is 17.3 Å². The molecule has 2 heterocycles. The van der Waals surface area contributed by atoms with Gasteiger partial charge in [-0.05, 0) is 44.0 Å². The number of hydrogen-bond acceptors (Lipinski definition) is 6. The maximum atomic E-state index is 13.2. The van der Waals surface area contributed by atoms with Gasteiger partial charge in [0.15, 0.2) is 11.5 Å². The lowest BCUT2D eigenvalue weighted by Crippen LogP contribution is -2.37. The largest absolute Gasteiger partial charge is 0.493 e. The maximum Gasteiger partial charge on any atom is 0.246 e. The fraction of sp³-hybridized carbons (Fsp3) is 0.455. The van der Waals surface area contributed by atoms with Gasteiger partial charge in [0.2, 0.25) is 15.9 Å². The van der Waals surface area contributed by atoms with Crippen molar-refractivity contribution in [2.45, 2.75) is 25.2 Å². The highest BCUT2D eigenvalue weighted by Gasteiger charge is 2.32. The average Bonchev–Trinajstić information content (AvgIpc) is 2.94. The molecule has 0 spiro atoms. The minimum Gasteiger partial charge on any atom is -0.493 e. The molecule has 1 fully saturated rings. The summed E-state index contributed by atoms with van der Waals surface area (Å²) in [6, 6.07) is 5.40. The Bertz CT molecular complexity index is 1120. The molecule has 0 bridgehead atoms. The quantitative estimate of drug-likeness (QED) is 0.610. The highest BCUT2D eigenvalue weighted by molar-refractivity contribution is 7.89. The number of carbonyl (C=O) groups is 1. The molecular weight excluding hydrogens is 432 g/mol. The summed E-state index contributed by atoms with van der Waals surface area (Å²) in [6.45, 7) is 4.87. The third kappa shape index (κ3) is 4.81. The van der Waals surface area contributed by atoms with Gasteiger partial charge in [-0.25, -0.2) is 8.42 Å². The highest BCUT2D eigenvalue weighted by Crippen LogP contribution is 2.28. The van der Waals surface area contributed by atoms with Crippen LogP contribution in [0.4, 0.5) is 0 Å². The molecule has 1 aliphatic rings. The summed E-state index contributed by atoms with van der Waals surface area (Å²) < 4.78 is 40.0. The van der Waals surface area contributed by atoms with Crippen molar-refractivity contribution >= 4 is 22.0 Å². The van der Waals surface area contributed by atoms with E-state index >= 15 is 0 Å². The standard InChI is InChI=1S/C22H30N4O5S/c1-16-22(17(2)24(3)23-16)32(28,29)26-12-6-11-25(13-14-26)21(27)10-8-18-7-9-19(30-4)20(15-18)31-5/h7-10,15H,6,11-14H2,1-5H3/b10-8+. The molecule has 0 N–H and O–H groups in total. The first-order valence-corrected chi connectivity index (χ1v) is 11.8. The Hall–Kier alpha value is -2.85. The lowest BCUT2D eigenvalue weighted by molar-refractivity contribution is -0.125. The first-order chi connectivity index (χ1) is 15.2. The molecule has 32 heavy (non-hydrogen) atoms. The van der Waals surface area contributed by atoms with Crippen LogP contribution in [0.5, 0.6) is 11.5 Å². The Labute approximate surface area is 189 Å². The van der Waals surface area contributed by atoms with Gasteiger partial charge < -0.3 is 14.4 Å². The lowest BCUT2D eigenvalue weighted by Gasteiger charge is -2.21. The van der Waals surface area contributed by atoms with Crippen LogP contribution in [0.2, 0.25) is 0 Å². The van der Waals surface area contributed by atoms with Crippen molar-refractivity contribution in [1.82, 2.24) is 19.0 Å². The highest BCUT2D eigenvalue weighted by atomic mass is 32.2. The molecule has 0 atom stereocenters. The summed E-state index contributed by atoms with van der Waals surface area (Å²) in [5, 5.41) is 4.24. The molecule has 0 saturated carbocycles. The van der Waals surface area contributed by atoms with E-state index in [0.717, 1.165) is 5.56 Å². The number of hydrogen-bond donors (Lipinski definition) is 0. The van der Waals surface area contributed by atoms with E-state index in [1.807, 2.05) is 6.07 Å². The monoisotopic (exact) mass is 462 g/mol. The van der Waals surface area contributed by atoms with E-state index < -0.39 is 10.0 Å². The van der Waals surface area contributed by atoms with E-state index in [1.165, 1.54) is 10.4 Å². The van der Waals surface area contributed by atoms with E-state index in [2.05, 4.69) is 5.10 Å². The summed E-state index contributed by atoms with van der Waals surface area (Å²) in [7, 11) is 1.18. The molecule has 1 aromatic heterocycles. The maximum absolute atomic E-state index is 13.2. The Balaban J connectivity index is 1.70. The molecule has 2 aromatic rings. The number of rotatable bonds is 6. The van der Waals surface area contributed by atoms with Crippen LogP contribution in [0.1, 0.15) is 23.4 Å². The van der Waals surface area contributed by atoms with Gasteiger partial charge in [-0.3, -0.25) is 9.48 Å². The molecule has 0 unspecified atom stereocenters. The molecule has 1 amide bonds. The van der Waals surface area contributed by atoms with Crippen LogP contribution in [-0.2, 0) is 21.9 Å². The second kappa shape index (κ2) is 9.74. The van der Waals surface area contributed by atoms with Crippen LogP contribution < -0.4 is 9.47 Å². The molecule has 174 valence electrons. The van der Waals surface area contributed by atoms with Gasteiger partial charge in [-0.1, -0.05) is 6.07 Å². The molecule has 3 rings (SSSR count). The summed E-state index contributed by atoms with van der Waals surface area (Å²) in [5.74, 6) is 1.04. The van der Waals surface area contributed by atoms with Crippen LogP contribution >= 0.6 is 0 Å². The van der Waals surface area contributed by atoms with Crippen LogP contribution in [0.25, 0.3) is 6.08 Å². The third-order valence-electron chi connectivity index (χ3n) is 5.63. The number of carbonyl (C=O) groups excluding carboxylic acids is 1. The van der Waals surface area contributed by atoms with Gasteiger partial charge in [0, 0.05) is 39.3 Å². The van der Waals surface area contributed by atoms with Gasteiger partial charge in [0.05, 0.1) is 25.6 Å². The molecule has 1 saturated heterocycles. The second-order valence-corrected chi connectivity index (χ2v) is 9.53. The smallest absolute Gasteiger partial charge is 0.246 e. The van der Waals surface area contributed by atoms with Crippen LogP contribution in [-0.4, -0.2) is 73.7 Å². The zero-order valence-corrected chi connectivity index (χ0v) is 20.0. The van der Waals surface area contributed by atoms with Crippen molar-refractivity contribution in [3.05, 3.63) is 41.2 Å². The van der Waals surface area contributed by atoms with Gasteiger partial charge in [0.25, 0.3) is 0 Å². The number of sulfonamides is 1. The first-order valence-electron chi connectivity index (χ1n) is 10.4. The molecule has 9 nitrogen and oxygen atoms in total. The third-order valence-corrected chi connectivity index (χ3v) is 7.78. The number of aryl methyl sites for hydroxylation is 2. The van der Waals surface area contributed by atoms with Crippen molar-refractivity contribution < 1.29 is 22.7 Å². The first kappa shape index (κ1) is 23.8. The summed E-state index contributed by atoms with van der Waals surface area (Å²) in [4.78, 5) is 14.7. The number of methoxy groups -OCH3 is 2. The zero-order chi connectivity index (χ0) is 23.5. The Morgan fingerprint density at radius 1 is 1.06 bits per heavy atom. The van der Waals surface area contributed by atoms with Crippen LogP contribution in [0.3, 0.4) is 0 Å². The summed E-state index contributed by atoms with van der Waals surface area (Å²) in [5.41, 5.74) is 1.90. The Morgan fingerprint density at radius 2 is 1.78 bits per heavy atom. The van der Waals surface area contributed by atoms with Gasteiger partial charge in [-0.2, -0.15) is 9.40 Å². The molecule has 0 radical (unpaired) electrons. The fourth-order valence-corrected chi connectivity index (χ4v) is 5.71. The van der Waals surface area contributed by atoms with E-state index in [9.17, 15) is 13.2 Å². The van der Waals surface area contributed by atoms with Gasteiger partial charge in [-0.15, -0.1) is 0 Å². The topological polar surface area (TPSA) is 94.0 Å². The van der Waals surface area contributed by atoms with Crippen molar-refractivity contribution in [3.8, 4) is 11.5 Å². The van der Waals surface area contributed by atoms with E-state index in [1.54, 1.807) is 62.9 Å². The number of benzene rings is 1. The SMILES string of the molecule is COc1ccc(/C=C/C(=O)N2CCCN(S(=O)(=O)c3c(C)nn(C)c3C)CC2)cc1OC. The molecule has 10 heteroatoms. The number of amides is 1. The predicted octanol–water partition coefficient (Wildman–Crippen LogP) is 1.99. The number of ether oxygens (including phenoxy) is 2. The molecule has 1 aliphatic heterocycles. The van der Waals surface area contributed by atoms with Crippen molar-refractivity contribution in [1.29, 1.82) is 0 Å². The fourth-order valence-electron chi connectivity index (χ4n) is 3.84. The minimum absolute atomic E-state index is 0.159. The Kier molecular flexibility index (Phi) is 7.25. The predicted molar refractivity (Wildman–Crippen MR) is 121 cm³/mol. The van der Waals surface area contributed by atoms with E-state index in [4.69, 9.17) is 9.47 Å². The number of aromatic nitrogens is 2. The summed E-state index contributed by atoms with van der Waals surface area (Å²) >= 11 is 0. The second-order valence-electron chi connectivity index (χ2n) is 7.65. The van der Waals surface area contributed by atoms with Crippen LogP contribution in [0.15, 0.2) is 29.2 Å². The molecule has 0 aliphatic carbocycles.